The molecule has 0 atom stereocenters. The molecule has 4 rings (SSSR count). The molecule has 2 aromatic rings. The van der Waals surface area contributed by atoms with Crippen molar-refractivity contribution in [2.45, 2.75) is 20.4 Å². The van der Waals surface area contributed by atoms with Crippen LogP contribution < -0.4 is 4.74 Å². The van der Waals surface area contributed by atoms with Gasteiger partial charge in [0, 0.05) is 32.7 Å². The Morgan fingerprint density at radius 2 is 1.76 bits per heavy atom. The highest BCUT2D eigenvalue weighted by Gasteiger charge is 2.42. The van der Waals surface area contributed by atoms with Crippen LogP contribution in [0.4, 0.5) is 0 Å². The van der Waals surface area contributed by atoms with E-state index in [4.69, 9.17) is 9.15 Å². The van der Waals surface area contributed by atoms with Gasteiger partial charge in [0.05, 0.1) is 31.6 Å². The first-order chi connectivity index (χ1) is 16.0. The van der Waals surface area contributed by atoms with Crippen molar-refractivity contribution in [3.05, 3.63) is 59.7 Å². The number of carbonyl (C=O) groups excluding carboxylic acids is 2. The Morgan fingerprint density at radius 3 is 2.36 bits per heavy atom. The van der Waals surface area contributed by atoms with E-state index in [1.165, 1.54) is 11.2 Å². The Hall–Kier alpha value is -3.10. The summed E-state index contributed by atoms with van der Waals surface area (Å²) in [6.07, 6.45) is 1.53. The summed E-state index contributed by atoms with van der Waals surface area (Å²) in [6, 6.07) is 10.9. The maximum atomic E-state index is 13.5. The van der Waals surface area contributed by atoms with Crippen LogP contribution in [0.1, 0.15) is 25.2 Å². The lowest BCUT2D eigenvalue weighted by Crippen LogP contribution is -2.48. The topological polar surface area (TPSA) is 86.5 Å². The zero-order valence-electron chi connectivity index (χ0n) is 19.2. The number of nitrogens with zero attached hydrogens (tertiary/aromatic N) is 3. The van der Waals surface area contributed by atoms with Crippen LogP contribution in [0.25, 0.3) is 5.57 Å². The van der Waals surface area contributed by atoms with Crippen molar-refractivity contribution in [1.29, 1.82) is 0 Å². The van der Waals surface area contributed by atoms with Gasteiger partial charge in [-0.25, -0.2) is 0 Å². The Labute approximate surface area is 194 Å². The molecule has 0 aliphatic carbocycles. The minimum Gasteiger partial charge on any atom is -0.493 e. The summed E-state index contributed by atoms with van der Waals surface area (Å²) >= 11 is 0. The molecular formula is C25H31N3O5. The van der Waals surface area contributed by atoms with Crippen LogP contribution >= 0.6 is 0 Å². The number of piperazine rings is 1. The second kappa shape index (κ2) is 10.2. The summed E-state index contributed by atoms with van der Waals surface area (Å²) in [5.41, 5.74) is 1.55. The molecule has 1 saturated heterocycles. The average molecular weight is 454 g/mol. The fourth-order valence-electron chi connectivity index (χ4n) is 4.14. The van der Waals surface area contributed by atoms with Gasteiger partial charge < -0.3 is 19.2 Å². The zero-order valence-corrected chi connectivity index (χ0v) is 19.2. The van der Waals surface area contributed by atoms with Gasteiger partial charge in [0.25, 0.3) is 11.8 Å². The van der Waals surface area contributed by atoms with E-state index in [0.29, 0.717) is 54.8 Å². The van der Waals surface area contributed by atoms with Crippen molar-refractivity contribution < 1.29 is 23.8 Å². The number of hydrogen-bond donors (Lipinski definition) is 1. The van der Waals surface area contributed by atoms with Gasteiger partial charge in [0.2, 0.25) is 0 Å². The van der Waals surface area contributed by atoms with E-state index >= 15 is 0 Å². The first-order valence-corrected chi connectivity index (χ1v) is 11.4. The van der Waals surface area contributed by atoms with Crippen molar-refractivity contribution in [2.24, 2.45) is 5.92 Å². The summed E-state index contributed by atoms with van der Waals surface area (Å²) in [4.78, 5) is 32.3. The fourth-order valence-corrected chi connectivity index (χ4v) is 4.14. The van der Waals surface area contributed by atoms with Crippen LogP contribution in [0.2, 0.25) is 0 Å². The third kappa shape index (κ3) is 5.12. The molecule has 8 nitrogen and oxygen atoms in total. The van der Waals surface area contributed by atoms with Crippen molar-refractivity contribution in [2.75, 3.05) is 45.9 Å². The van der Waals surface area contributed by atoms with Crippen LogP contribution in [0.5, 0.6) is 5.75 Å². The van der Waals surface area contributed by atoms with Crippen molar-refractivity contribution >= 4 is 17.4 Å². The number of aliphatic hydroxyl groups excluding tert-OH is 1. The predicted molar refractivity (Wildman–Crippen MR) is 123 cm³/mol. The Morgan fingerprint density at radius 1 is 1.03 bits per heavy atom. The van der Waals surface area contributed by atoms with E-state index < -0.39 is 0 Å². The minimum atomic E-state index is -0.319. The van der Waals surface area contributed by atoms with Gasteiger partial charge in [-0.05, 0) is 35.7 Å². The smallest absolute Gasteiger partial charge is 0.278 e. The molecule has 1 N–H and O–H groups in total. The molecule has 2 amide bonds. The molecule has 1 fully saturated rings. The quantitative estimate of drug-likeness (QED) is 0.583. The normalized spacial score (nSPS) is 17.6. The number of furan rings is 1. The fraction of sp³-hybridized carbons (Fsp3) is 0.440. The molecule has 2 aliphatic rings. The third-order valence-corrected chi connectivity index (χ3v) is 5.87. The van der Waals surface area contributed by atoms with E-state index in [0.717, 1.165) is 18.8 Å². The molecule has 3 heterocycles. The molecule has 0 bridgehead atoms. The maximum Gasteiger partial charge on any atom is 0.278 e. The van der Waals surface area contributed by atoms with E-state index in [1.54, 1.807) is 12.1 Å². The molecule has 0 spiro atoms. The van der Waals surface area contributed by atoms with Gasteiger partial charge in [-0.2, -0.15) is 0 Å². The SMILES string of the molecule is CC(C)COc1ccc(C2=C(N3CCN(CCO)CC3)C(=O)N(Cc3ccco3)C2=O)cc1. The summed E-state index contributed by atoms with van der Waals surface area (Å²) in [7, 11) is 0. The van der Waals surface area contributed by atoms with Crippen LogP contribution in [-0.2, 0) is 16.1 Å². The van der Waals surface area contributed by atoms with Crippen LogP contribution in [0, 0.1) is 5.92 Å². The number of β-amino-alcohol motifs (C(OH)–C–C–N with tert-alkyl or cyclic N) is 1. The van der Waals surface area contributed by atoms with E-state index in [2.05, 4.69) is 18.7 Å². The van der Waals surface area contributed by atoms with Gasteiger partial charge in [-0.3, -0.25) is 19.4 Å². The molecule has 0 unspecified atom stereocenters. The van der Waals surface area contributed by atoms with Crippen LogP contribution in [-0.4, -0.2) is 77.6 Å². The lowest BCUT2D eigenvalue weighted by Gasteiger charge is -2.36. The number of benzene rings is 1. The Kier molecular flexibility index (Phi) is 7.15. The first kappa shape index (κ1) is 23.1. The number of carbonyl (C=O) groups is 2. The van der Waals surface area contributed by atoms with Gasteiger partial charge >= 0.3 is 0 Å². The zero-order chi connectivity index (χ0) is 23.4. The first-order valence-electron chi connectivity index (χ1n) is 11.4. The van der Waals surface area contributed by atoms with Gasteiger partial charge in [0.15, 0.2) is 0 Å². The number of amides is 2. The number of ether oxygens (including phenoxy) is 1. The van der Waals surface area contributed by atoms with Crippen molar-refractivity contribution in [3.8, 4) is 5.75 Å². The van der Waals surface area contributed by atoms with Crippen LogP contribution in [0.3, 0.4) is 0 Å². The molecule has 33 heavy (non-hydrogen) atoms. The largest absolute Gasteiger partial charge is 0.493 e. The highest BCUT2D eigenvalue weighted by molar-refractivity contribution is 6.35. The summed E-state index contributed by atoms with van der Waals surface area (Å²) in [5.74, 6) is 1.08. The van der Waals surface area contributed by atoms with Crippen LogP contribution in [0.15, 0.2) is 52.8 Å². The molecule has 2 aliphatic heterocycles. The van der Waals surface area contributed by atoms with E-state index in [9.17, 15) is 14.7 Å². The molecule has 176 valence electrons. The third-order valence-electron chi connectivity index (χ3n) is 5.87. The van der Waals surface area contributed by atoms with Crippen molar-refractivity contribution in [3.63, 3.8) is 0 Å². The number of rotatable bonds is 9. The average Bonchev–Trinajstić information content (AvgIpc) is 3.41. The van der Waals surface area contributed by atoms with Gasteiger partial charge in [-0.15, -0.1) is 0 Å². The highest BCUT2D eigenvalue weighted by atomic mass is 16.5. The monoisotopic (exact) mass is 453 g/mol. The summed E-state index contributed by atoms with van der Waals surface area (Å²) < 4.78 is 11.2. The second-order valence-corrected chi connectivity index (χ2v) is 8.78. The molecule has 1 aromatic carbocycles. The molecule has 0 radical (unpaired) electrons. The van der Waals surface area contributed by atoms with Gasteiger partial charge in [-0.1, -0.05) is 26.0 Å². The number of imide groups is 1. The molecule has 1 aromatic heterocycles. The van der Waals surface area contributed by atoms with E-state index in [-0.39, 0.29) is 25.0 Å². The summed E-state index contributed by atoms with van der Waals surface area (Å²) in [6.45, 7) is 8.26. The Balaban J connectivity index is 1.62. The second-order valence-electron chi connectivity index (χ2n) is 8.78. The van der Waals surface area contributed by atoms with Gasteiger partial charge in [0.1, 0.15) is 17.2 Å². The number of aliphatic hydroxyl groups is 1. The van der Waals surface area contributed by atoms with E-state index in [1.807, 2.05) is 29.2 Å². The van der Waals surface area contributed by atoms with Crippen molar-refractivity contribution in [1.82, 2.24) is 14.7 Å². The molecular weight excluding hydrogens is 422 g/mol. The maximum absolute atomic E-state index is 13.5. The predicted octanol–water partition coefficient (Wildman–Crippen LogP) is 2.20. The molecule has 0 saturated carbocycles. The highest BCUT2D eigenvalue weighted by Crippen LogP contribution is 2.34. The standard InChI is InChI=1S/C25H31N3O5/c1-18(2)17-33-20-7-5-19(6-8-20)22-23(27-11-9-26(10-12-27)13-14-29)25(31)28(24(22)30)16-21-4-3-15-32-21/h3-8,15,18,29H,9-14,16-17H2,1-2H3. The lowest BCUT2D eigenvalue weighted by atomic mass is 10.0. The summed E-state index contributed by atoms with van der Waals surface area (Å²) in [5, 5.41) is 9.22. The lowest BCUT2D eigenvalue weighted by molar-refractivity contribution is -0.138. The minimum absolute atomic E-state index is 0.0950. The molecule has 8 heteroatoms. The Bertz CT molecular complexity index is 990. The number of hydrogen-bond acceptors (Lipinski definition) is 7.